The molecule has 1 amide bonds. The summed E-state index contributed by atoms with van der Waals surface area (Å²) < 4.78 is 1.78. The molecule has 0 unspecified atom stereocenters. The quantitative estimate of drug-likeness (QED) is 0.809. The fourth-order valence-electron chi connectivity index (χ4n) is 3.20. The maximum absolute atomic E-state index is 13.0. The standard InChI is InChI=1S/C18H22ClN3OS/c1-12-17(13(2)21(3)20-12)18(23)22-9-8-16(24-11-10-22)14-6-4-5-7-15(14)19/h4-7,16H,8-11H2,1-3H3/t16-/m1/s1. The number of aryl methyl sites for hydroxylation is 2. The average Bonchev–Trinajstić information content (AvgIpc) is 2.73. The van der Waals surface area contributed by atoms with Gasteiger partial charge in [-0.3, -0.25) is 9.48 Å². The number of aromatic nitrogens is 2. The second kappa shape index (κ2) is 7.19. The Morgan fingerprint density at radius 1 is 1.29 bits per heavy atom. The first-order valence-corrected chi connectivity index (χ1v) is 9.57. The zero-order chi connectivity index (χ0) is 17.3. The molecular formula is C18H22ClN3OS. The zero-order valence-corrected chi connectivity index (χ0v) is 15.8. The number of amides is 1. The van der Waals surface area contributed by atoms with E-state index in [-0.39, 0.29) is 5.91 Å². The van der Waals surface area contributed by atoms with Crippen molar-refractivity contribution in [2.45, 2.75) is 25.5 Å². The molecule has 1 saturated heterocycles. The van der Waals surface area contributed by atoms with Gasteiger partial charge in [-0.05, 0) is 31.9 Å². The van der Waals surface area contributed by atoms with E-state index in [1.807, 2.05) is 55.8 Å². The van der Waals surface area contributed by atoms with Gasteiger partial charge in [0.05, 0.1) is 11.3 Å². The van der Waals surface area contributed by atoms with Gasteiger partial charge >= 0.3 is 0 Å². The lowest BCUT2D eigenvalue weighted by atomic mass is 10.1. The highest BCUT2D eigenvalue weighted by molar-refractivity contribution is 7.99. The Morgan fingerprint density at radius 3 is 2.71 bits per heavy atom. The van der Waals surface area contributed by atoms with E-state index in [0.717, 1.165) is 47.2 Å². The molecule has 24 heavy (non-hydrogen) atoms. The lowest BCUT2D eigenvalue weighted by Gasteiger charge is -2.20. The largest absolute Gasteiger partial charge is 0.338 e. The fourth-order valence-corrected chi connectivity index (χ4v) is 4.80. The van der Waals surface area contributed by atoms with Gasteiger partial charge in [0.25, 0.3) is 5.91 Å². The Morgan fingerprint density at radius 2 is 2.04 bits per heavy atom. The number of benzene rings is 1. The molecule has 4 nitrogen and oxygen atoms in total. The molecular weight excluding hydrogens is 342 g/mol. The predicted octanol–water partition coefficient (Wildman–Crippen LogP) is 4.01. The van der Waals surface area contributed by atoms with Gasteiger partial charge in [-0.1, -0.05) is 29.8 Å². The third-order valence-electron chi connectivity index (χ3n) is 4.60. The Bertz CT molecular complexity index is 759. The Kier molecular flexibility index (Phi) is 5.21. The Balaban J connectivity index is 1.76. The van der Waals surface area contributed by atoms with Gasteiger partial charge in [-0.15, -0.1) is 0 Å². The first-order valence-electron chi connectivity index (χ1n) is 8.14. The maximum atomic E-state index is 13.0. The van der Waals surface area contributed by atoms with Gasteiger partial charge in [-0.25, -0.2) is 0 Å². The number of carbonyl (C=O) groups excluding carboxylic acids is 1. The Hall–Kier alpha value is -1.46. The highest BCUT2D eigenvalue weighted by atomic mass is 35.5. The minimum absolute atomic E-state index is 0.0958. The van der Waals surface area contributed by atoms with E-state index in [1.54, 1.807) is 4.68 Å². The van der Waals surface area contributed by atoms with Crippen molar-refractivity contribution in [3.05, 3.63) is 51.8 Å². The second-order valence-electron chi connectivity index (χ2n) is 6.13. The van der Waals surface area contributed by atoms with Crippen LogP contribution in [0.4, 0.5) is 0 Å². The third kappa shape index (κ3) is 3.33. The van der Waals surface area contributed by atoms with Gasteiger partial charge < -0.3 is 4.90 Å². The molecule has 2 aromatic rings. The molecule has 0 N–H and O–H groups in total. The molecule has 6 heteroatoms. The molecule has 1 aliphatic rings. The van der Waals surface area contributed by atoms with Crippen LogP contribution < -0.4 is 0 Å². The monoisotopic (exact) mass is 363 g/mol. The van der Waals surface area contributed by atoms with Gasteiger partial charge in [0.2, 0.25) is 0 Å². The van der Waals surface area contributed by atoms with Crippen LogP contribution in [0.15, 0.2) is 24.3 Å². The molecule has 1 aromatic heterocycles. The van der Waals surface area contributed by atoms with Crippen molar-refractivity contribution in [3.8, 4) is 0 Å². The summed E-state index contributed by atoms with van der Waals surface area (Å²) in [5.74, 6) is 1.01. The van der Waals surface area contributed by atoms with Crippen LogP contribution in [0, 0.1) is 13.8 Å². The lowest BCUT2D eigenvalue weighted by molar-refractivity contribution is 0.0765. The van der Waals surface area contributed by atoms with E-state index in [2.05, 4.69) is 11.2 Å². The summed E-state index contributed by atoms with van der Waals surface area (Å²) in [6, 6.07) is 8.01. The number of hydrogen-bond donors (Lipinski definition) is 0. The van der Waals surface area contributed by atoms with Crippen molar-refractivity contribution in [2.24, 2.45) is 7.05 Å². The molecule has 1 aliphatic heterocycles. The topological polar surface area (TPSA) is 38.1 Å². The molecule has 3 rings (SSSR count). The molecule has 1 fully saturated rings. The summed E-state index contributed by atoms with van der Waals surface area (Å²) in [5, 5.41) is 5.52. The molecule has 0 saturated carbocycles. The highest BCUT2D eigenvalue weighted by Gasteiger charge is 2.27. The molecule has 2 heterocycles. The molecule has 0 bridgehead atoms. The maximum Gasteiger partial charge on any atom is 0.257 e. The number of rotatable bonds is 2. The van der Waals surface area contributed by atoms with E-state index >= 15 is 0 Å². The normalized spacial score (nSPS) is 18.5. The van der Waals surface area contributed by atoms with Crippen molar-refractivity contribution in [3.63, 3.8) is 0 Å². The van der Waals surface area contributed by atoms with E-state index in [1.165, 1.54) is 5.56 Å². The van der Waals surface area contributed by atoms with Gasteiger partial charge in [0.15, 0.2) is 0 Å². The Labute approximate surface area is 152 Å². The van der Waals surface area contributed by atoms with Crippen molar-refractivity contribution >= 4 is 29.3 Å². The second-order valence-corrected chi connectivity index (χ2v) is 7.85. The van der Waals surface area contributed by atoms with Crippen molar-refractivity contribution in [1.82, 2.24) is 14.7 Å². The van der Waals surface area contributed by atoms with Crippen LogP contribution in [0.5, 0.6) is 0 Å². The fraction of sp³-hybridized carbons (Fsp3) is 0.444. The summed E-state index contributed by atoms with van der Waals surface area (Å²) in [4.78, 5) is 14.9. The van der Waals surface area contributed by atoms with Crippen molar-refractivity contribution < 1.29 is 4.79 Å². The first-order chi connectivity index (χ1) is 11.5. The van der Waals surface area contributed by atoms with Crippen LogP contribution in [0.3, 0.4) is 0 Å². The van der Waals surface area contributed by atoms with Crippen LogP contribution in [0.1, 0.15) is 39.0 Å². The SMILES string of the molecule is Cc1nn(C)c(C)c1C(=O)N1CCS[C@@H](c2ccccc2Cl)CC1. The van der Waals surface area contributed by atoms with Crippen LogP contribution in [-0.4, -0.2) is 39.4 Å². The van der Waals surface area contributed by atoms with Crippen molar-refractivity contribution in [1.29, 1.82) is 0 Å². The minimum atomic E-state index is 0.0958. The highest BCUT2D eigenvalue weighted by Crippen LogP contribution is 2.38. The minimum Gasteiger partial charge on any atom is -0.338 e. The van der Waals surface area contributed by atoms with Crippen LogP contribution in [0.2, 0.25) is 5.02 Å². The van der Waals surface area contributed by atoms with E-state index in [0.29, 0.717) is 5.25 Å². The number of thioether (sulfide) groups is 1. The number of carbonyl (C=O) groups is 1. The third-order valence-corrected chi connectivity index (χ3v) is 6.26. The molecule has 0 aliphatic carbocycles. The zero-order valence-electron chi connectivity index (χ0n) is 14.3. The summed E-state index contributed by atoms with van der Waals surface area (Å²) in [6.45, 7) is 5.36. The summed E-state index contributed by atoms with van der Waals surface area (Å²) in [6.07, 6.45) is 0.915. The molecule has 1 aromatic carbocycles. The van der Waals surface area contributed by atoms with Gasteiger partial charge in [0, 0.05) is 41.9 Å². The van der Waals surface area contributed by atoms with E-state index in [4.69, 9.17) is 11.6 Å². The summed E-state index contributed by atoms with van der Waals surface area (Å²) in [5.41, 5.74) is 3.66. The molecule has 0 spiro atoms. The molecule has 0 radical (unpaired) electrons. The molecule has 128 valence electrons. The lowest BCUT2D eigenvalue weighted by Crippen LogP contribution is -2.33. The first kappa shape index (κ1) is 17.4. The predicted molar refractivity (Wildman–Crippen MR) is 99.9 cm³/mol. The van der Waals surface area contributed by atoms with Crippen molar-refractivity contribution in [2.75, 3.05) is 18.8 Å². The number of halogens is 1. The van der Waals surface area contributed by atoms with Crippen LogP contribution in [0.25, 0.3) is 0 Å². The summed E-state index contributed by atoms with van der Waals surface area (Å²) >= 11 is 8.23. The van der Waals surface area contributed by atoms with E-state index < -0.39 is 0 Å². The summed E-state index contributed by atoms with van der Waals surface area (Å²) in [7, 11) is 1.88. The smallest absolute Gasteiger partial charge is 0.257 e. The van der Waals surface area contributed by atoms with Crippen LogP contribution in [-0.2, 0) is 7.05 Å². The molecule has 1 atom stereocenters. The number of nitrogens with zero attached hydrogens (tertiary/aromatic N) is 3. The number of hydrogen-bond acceptors (Lipinski definition) is 3. The van der Waals surface area contributed by atoms with Crippen LogP contribution >= 0.6 is 23.4 Å². The average molecular weight is 364 g/mol. The van der Waals surface area contributed by atoms with Gasteiger partial charge in [0.1, 0.15) is 0 Å². The van der Waals surface area contributed by atoms with E-state index in [9.17, 15) is 4.79 Å². The van der Waals surface area contributed by atoms with Gasteiger partial charge in [-0.2, -0.15) is 16.9 Å².